The second-order valence-electron chi connectivity index (χ2n) is 5.38. The first-order valence-electron chi connectivity index (χ1n) is 6.87. The van der Waals surface area contributed by atoms with Gasteiger partial charge >= 0.3 is 0 Å². The lowest BCUT2D eigenvalue weighted by Gasteiger charge is -2.18. The molecule has 0 aromatic carbocycles. The van der Waals surface area contributed by atoms with Gasteiger partial charge in [0.25, 0.3) is 0 Å². The first-order chi connectivity index (χ1) is 7.78. The summed E-state index contributed by atoms with van der Waals surface area (Å²) in [6.07, 6.45) is 10.3. The summed E-state index contributed by atoms with van der Waals surface area (Å²) in [5, 5.41) is 3.39. The van der Waals surface area contributed by atoms with Crippen LogP contribution in [-0.4, -0.2) is 18.0 Å². The molecule has 2 aliphatic carbocycles. The van der Waals surface area contributed by atoms with Gasteiger partial charge in [0.05, 0.1) is 6.04 Å². The van der Waals surface area contributed by atoms with E-state index in [2.05, 4.69) is 17.2 Å². The number of hydrogen-bond acceptors (Lipinski definition) is 1. The summed E-state index contributed by atoms with van der Waals surface area (Å²) in [5.74, 6) is 1.64. The maximum atomic E-state index is 5.97. The van der Waals surface area contributed by atoms with Gasteiger partial charge in [-0.2, -0.15) is 0 Å². The molecule has 0 aromatic heterocycles. The van der Waals surface area contributed by atoms with E-state index in [1.54, 1.807) is 0 Å². The van der Waals surface area contributed by atoms with Gasteiger partial charge < -0.3 is 11.1 Å². The molecule has 0 amide bonds. The Morgan fingerprint density at radius 3 is 2.56 bits per heavy atom. The van der Waals surface area contributed by atoms with Crippen molar-refractivity contribution in [1.29, 1.82) is 0 Å². The maximum absolute atomic E-state index is 5.97. The van der Waals surface area contributed by atoms with Crippen molar-refractivity contribution in [3.8, 4) is 0 Å². The van der Waals surface area contributed by atoms with E-state index in [-0.39, 0.29) is 0 Å². The number of nitrogens with one attached hydrogen (secondary N) is 1. The zero-order valence-electron chi connectivity index (χ0n) is 10.4. The van der Waals surface area contributed by atoms with Gasteiger partial charge in [0.2, 0.25) is 0 Å². The van der Waals surface area contributed by atoms with Gasteiger partial charge in [0.15, 0.2) is 5.96 Å². The predicted molar refractivity (Wildman–Crippen MR) is 68.4 cm³/mol. The van der Waals surface area contributed by atoms with Crippen molar-refractivity contribution in [2.45, 2.75) is 70.4 Å². The lowest BCUT2D eigenvalue weighted by molar-refractivity contribution is 0.506. The second kappa shape index (κ2) is 5.55. The monoisotopic (exact) mass is 223 g/mol. The van der Waals surface area contributed by atoms with E-state index in [0.29, 0.717) is 18.0 Å². The highest BCUT2D eigenvalue weighted by molar-refractivity contribution is 5.78. The lowest BCUT2D eigenvalue weighted by Crippen LogP contribution is -2.40. The Morgan fingerprint density at radius 2 is 2.00 bits per heavy atom. The summed E-state index contributed by atoms with van der Waals surface area (Å²) in [6.45, 7) is 2.23. The van der Waals surface area contributed by atoms with E-state index < -0.39 is 0 Å². The average Bonchev–Trinajstić information content (AvgIpc) is 2.93. The van der Waals surface area contributed by atoms with E-state index in [9.17, 15) is 0 Å². The Bertz CT molecular complexity index is 240. The van der Waals surface area contributed by atoms with E-state index in [4.69, 9.17) is 5.73 Å². The first-order valence-corrected chi connectivity index (χ1v) is 6.87. The molecule has 3 nitrogen and oxygen atoms in total. The highest BCUT2D eigenvalue weighted by Gasteiger charge is 2.25. The quantitative estimate of drug-likeness (QED) is 0.555. The number of nitrogens with zero attached hydrogens (tertiary/aromatic N) is 1. The minimum Gasteiger partial charge on any atom is -0.370 e. The molecular formula is C13H25N3. The largest absolute Gasteiger partial charge is 0.370 e. The molecule has 2 aliphatic rings. The minimum atomic E-state index is 0.492. The number of nitrogens with two attached hydrogens (primary N) is 1. The van der Waals surface area contributed by atoms with Crippen molar-refractivity contribution < 1.29 is 0 Å². The molecule has 16 heavy (non-hydrogen) atoms. The van der Waals surface area contributed by atoms with Crippen LogP contribution in [0, 0.1) is 5.92 Å². The summed E-state index contributed by atoms with van der Waals surface area (Å²) < 4.78 is 0. The van der Waals surface area contributed by atoms with Crippen molar-refractivity contribution in [3.05, 3.63) is 0 Å². The molecule has 0 spiro atoms. The molecule has 1 unspecified atom stereocenters. The van der Waals surface area contributed by atoms with Gasteiger partial charge in [-0.25, -0.2) is 0 Å². The molecule has 92 valence electrons. The van der Waals surface area contributed by atoms with Crippen LogP contribution in [0.1, 0.15) is 58.3 Å². The molecule has 2 fully saturated rings. The number of rotatable bonds is 5. The Labute approximate surface area is 98.9 Å². The van der Waals surface area contributed by atoms with Gasteiger partial charge in [0, 0.05) is 6.04 Å². The average molecular weight is 223 g/mol. The molecule has 0 aromatic rings. The molecule has 0 heterocycles. The Kier molecular flexibility index (Phi) is 4.08. The Morgan fingerprint density at radius 1 is 1.31 bits per heavy atom. The molecule has 2 saturated carbocycles. The minimum absolute atomic E-state index is 0.492. The van der Waals surface area contributed by atoms with Crippen molar-refractivity contribution in [1.82, 2.24) is 5.32 Å². The van der Waals surface area contributed by atoms with Crippen LogP contribution in [0.5, 0.6) is 0 Å². The zero-order valence-corrected chi connectivity index (χ0v) is 10.4. The van der Waals surface area contributed by atoms with Gasteiger partial charge in [-0.1, -0.05) is 32.6 Å². The maximum Gasteiger partial charge on any atom is 0.189 e. The van der Waals surface area contributed by atoms with Crippen LogP contribution in [-0.2, 0) is 0 Å². The third-order valence-corrected chi connectivity index (χ3v) is 3.81. The summed E-state index contributed by atoms with van der Waals surface area (Å²) in [6, 6.07) is 1.03. The molecule has 0 radical (unpaired) electrons. The molecule has 1 atom stereocenters. The molecule has 3 N–H and O–H groups in total. The second-order valence-corrected chi connectivity index (χ2v) is 5.38. The van der Waals surface area contributed by atoms with Crippen LogP contribution < -0.4 is 11.1 Å². The lowest BCUT2D eigenvalue weighted by atomic mass is 10.1. The smallest absolute Gasteiger partial charge is 0.189 e. The third kappa shape index (κ3) is 3.69. The van der Waals surface area contributed by atoms with Crippen molar-refractivity contribution >= 4 is 5.96 Å². The van der Waals surface area contributed by atoms with E-state index in [0.717, 1.165) is 12.3 Å². The first kappa shape index (κ1) is 11.7. The van der Waals surface area contributed by atoms with Crippen LogP contribution in [0.3, 0.4) is 0 Å². The fraction of sp³-hybridized carbons (Fsp3) is 0.923. The topological polar surface area (TPSA) is 50.4 Å². The fourth-order valence-electron chi connectivity index (χ4n) is 2.56. The predicted octanol–water partition coefficient (Wildman–Crippen LogP) is 2.41. The number of aliphatic imine (C=N–C) groups is 1. The SMILES string of the molecule is CCC(CC1CC1)NC(N)=NC1CCCC1. The van der Waals surface area contributed by atoms with Crippen molar-refractivity contribution in [2.75, 3.05) is 0 Å². The van der Waals surface area contributed by atoms with Crippen molar-refractivity contribution in [3.63, 3.8) is 0 Å². The van der Waals surface area contributed by atoms with Crippen LogP contribution in [0.25, 0.3) is 0 Å². The zero-order chi connectivity index (χ0) is 11.4. The van der Waals surface area contributed by atoms with Crippen molar-refractivity contribution in [2.24, 2.45) is 16.6 Å². The van der Waals surface area contributed by atoms with E-state index in [1.807, 2.05) is 0 Å². The summed E-state index contributed by atoms with van der Waals surface area (Å²) in [5.41, 5.74) is 5.97. The van der Waals surface area contributed by atoms with Gasteiger partial charge in [0.1, 0.15) is 0 Å². The molecule has 0 bridgehead atoms. The Hall–Kier alpha value is -0.730. The third-order valence-electron chi connectivity index (χ3n) is 3.81. The highest BCUT2D eigenvalue weighted by atomic mass is 15.1. The molecule has 0 saturated heterocycles. The summed E-state index contributed by atoms with van der Waals surface area (Å²) in [4.78, 5) is 4.57. The van der Waals surface area contributed by atoms with Gasteiger partial charge in [-0.15, -0.1) is 0 Å². The normalized spacial score (nSPS) is 24.7. The van der Waals surface area contributed by atoms with E-state index in [1.165, 1.54) is 44.9 Å². The molecule has 0 aliphatic heterocycles. The van der Waals surface area contributed by atoms with Gasteiger partial charge in [-0.3, -0.25) is 4.99 Å². The van der Waals surface area contributed by atoms with Gasteiger partial charge in [-0.05, 0) is 31.6 Å². The molecule has 3 heteroatoms. The standard InChI is InChI=1S/C13H25N3/c1-2-11(9-10-7-8-10)15-13(14)16-12-5-3-4-6-12/h10-12H,2-9H2,1H3,(H3,14,15,16). The molecular weight excluding hydrogens is 198 g/mol. The van der Waals surface area contributed by atoms with Crippen LogP contribution in [0.2, 0.25) is 0 Å². The Balaban J connectivity index is 1.76. The van der Waals surface area contributed by atoms with E-state index >= 15 is 0 Å². The van der Waals surface area contributed by atoms with Crippen LogP contribution in [0.15, 0.2) is 4.99 Å². The fourth-order valence-corrected chi connectivity index (χ4v) is 2.56. The van der Waals surface area contributed by atoms with Crippen LogP contribution in [0.4, 0.5) is 0 Å². The van der Waals surface area contributed by atoms with Crippen LogP contribution >= 0.6 is 0 Å². The highest BCUT2D eigenvalue weighted by Crippen LogP contribution is 2.34. The summed E-state index contributed by atoms with van der Waals surface area (Å²) in [7, 11) is 0. The number of guanidine groups is 1. The number of hydrogen-bond donors (Lipinski definition) is 2. The molecule has 2 rings (SSSR count). The summed E-state index contributed by atoms with van der Waals surface area (Å²) >= 11 is 0.